The summed E-state index contributed by atoms with van der Waals surface area (Å²) in [7, 11) is 0. The maximum Gasteiger partial charge on any atom is 0.257 e. The number of benzene rings is 1. The molecule has 2 aromatic rings. The van der Waals surface area contributed by atoms with Crippen molar-refractivity contribution in [3.63, 3.8) is 0 Å². The quantitative estimate of drug-likeness (QED) is 0.887. The molecule has 0 bridgehead atoms. The van der Waals surface area contributed by atoms with Gasteiger partial charge in [0.2, 0.25) is 0 Å². The third-order valence-corrected chi connectivity index (χ3v) is 4.01. The molecule has 0 atom stereocenters. The lowest BCUT2D eigenvalue weighted by atomic mass is 10.1. The first-order valence-corrected chi connectivity index (χ1v) is 8.43. The molecule has 2 N–H and O–H groups in total. The van der Waals surface area contributed by atoms with Crippen molar-refractivity contribution in [2.24, 2.45) is 5.73 Å². The molecule has 0 aliphatic rings. The highest BCUT2D eigenvalue weighted by atomic mass is 16.2. The summed E-state index contributed by atoms with van der Waals surface area (Å²) in [5, 5.41) is 4.42. The van der Waals surface area contributed by atoms with Gasteiger partial charge in [0.1, 0.15) is 0 Å². The van der Waals surface area contributed by atoms with E-state index in [0.29, 0.717) is 25.2 Å². The highest BCUT2D eigenvalue weighted by Crippen LogP contribution is 2.20. The standard InChI is InChI=1S/C19H28N4O/c1-15-17(13-21-23(15)19(2,3)4)18(24)22(12-8-11-20)14-16-9-6-5-7-10-16/h5-7,9-10,13H,8,11-12,14,20H2,1-4H3. The lowest BCUT2D eigenvalue weighted by molar-refractivity contribution is 0.0741. The number of nitrogens with two attached hydrogens (primary N) is 1. The molecule has 0 unspecified atom stereocenters. The van der Waals surface area contributed by atoms with Crippen molar-refractivity contribution in [1.29, 1.82) is 0 Å². The Morgan fingerprint density at radius 2 is 1.92 bits per heavy atom. The summed E-state index contributed by atoms with van der Waals surface area (Å²) in [6.45, 7) is 9.99. The summed E-state index contributed by atoms with van der Waals surface area (Å²) >= 11 is 0. The van der Waals surface area contributed by atoms with E-state index < -0.39 is 0 Å². The Balaban J connectivity index is 2.26. The smallest absolute Gasteiger partial charge is 0.257 e. The van der Waals surface area contributed by atoms with E-state index in [9.17, 15) is 4.79 Å². The zero-order valence-electron chi connectivity index (χ0n) is 15.1. The van der Waals surface area contributed by atoms with Gasteiger partial charge in [-0.2, -0.15) is 5.10 Å². The summed E-state index contributed by atoms with van der Waals surface area (Å²) < 4.78 is 1.91. The third kappa shape index (κ3) is 4.23. The lowest BCUT2D eigenvalue weighted by Crippen LogP contribution is -2.33. The Labute approximate surface area is 144 Å². The molecule has 0 fully saturated rings. The maximum absolute atomic E-state index is 13.0. The van der Waals surface area contributed by atoms with Crippen LogP contribution in [0, 0.1) is 6.92 Å². The Kier molecular flexibility index (Phi) is 5.78. The van der Waals surface area contributed by atoms with Crippen LogP contribution in [-0.2, 0) is 12.1 Å². The van der Waals surface area contributed by atoms with Crippen molar-refractivity contribution < 1.29 is 4.79 Å². The van der Waals surface area contributed by atoms with Gasteiger partial charge in [-0.25, -0.2) is 0 Å². The molecule has 0 radical (unpaired) electrons. The normalized spacial score (nSPS) is 11.5. The average molecular weight is 328 g/mol. The van der Waals surface area contributed by atoms with Gasteiger partial charge in [0.25, 0.3) is 5.91 Å². The first kappa shape index (κ1) is 18.2. The minimum Gasteiger partial charge on any atom is -0.334 e. The van der Waals surface area contributed by atoms with E-state index in [-0.39, 0.29) is 11.4 Å². The number of carbonyl (C=O) groups excluding carboxylic acids is 1. The van der Waals surface area contributed by atoms with Gasteiger partial charge < -0.3 is 10.6 Å². The predicted molar refractivity (Wildman–Crippen MR) is 96.8 cm³/mol. The van der Waals surface area contributed by atoms with Gasteiger partial charge in [-0.3, -0.25) is 9.48 Å². The van der Waals surface area contributed by atoms with Crippen molar-refractivity contribution >= 4 is 5.91 Å². The number of amides is 1. The van der Waals surface area contributed by atoms with Crippen LogP contribution in [0.25, 0.3) is 0 Å². The lowest BCUT2D eigenvalue weighted by Gasteiger charge is -2.24. The molecule has 5 nitrogen and oxygen atoms in total. The molecule has 1 aromatic heterocycles. The van der Waals surface area contributed by atoms with Gasteiger partial charge in [0.05, 0.1) is 17.3 Å². The fourth-order valence-corrected chi connectivity index (χ4v) is 2.80. The van der Waals surface area contributed by atoms with Crippen LogP contribution in [0.5, 0.6) is 0 Å². The van der Waals surface area contributed by atoms with Crippen LogP contribution in [0.15, 0.2) is 36.5 Å². The molecular weight excluding hydrogens is 300 g/mol. The summed E-state index contributed by atoms with van der Waals surface area (Å²) in [6.07, 6.45) is 2.47. The van der Waals surface area contributed by atoms with Crippen LogP contribution in [0.1, 0.15) is 48.8 Å². The summed E-state index contributed by atoms with van der Waals surface area (Å²) in [4.78, 5) is 14.9. The monoisotopic (exact) mass is 328 g/mol. The molecule has 1 aromatic carbocycles. The van der Waals surface area contributed by atoms with E-state index in [1.54, 1.807) is 6.20 Å². The second-order valence-corrected chi connectivity index (χ2v) is 7.08. The molecular formula is C19H28N4O. The van der Waals surface area contributed by atoms with Crippen LogP contribution < -0.4 is 5.73 Å². The number of hydrogen-bond acceptors (Lipinski definition) is 3. The van der Waals surface area contributed by atoms with Crippen molar-refractivity contribution in [2.45, 2.75) is 46.2 Å². The Morgan fingerprint density at radius 3 is 2.46 bits per heavy atom. The van der Waals surface area contributed by atoms with Gasteiger partial charge in [-0.1, -0.05) is 30.3 Å². The van der Waals surface area contributed by atoms with Crippen molar-refractivity contribution in [3.05, 3.63) is 53.3 Å². The molecule has 130 valence electrons. The zero-order valence-corrected chi connectivity index (χ0v) is 15.1. The van der Waals surface area contributed by atoms with E-state index in [0.717, 1.165) is 17.7 Å². The molecule has 1 amide bonds. The van der Waals surface area contributed by atoms with E-state index in [4.69, 9.17) is 5.73 Å². The molecule has 0 aliphatic carbocycles. The average Bonchev–Trinajstić information content (AvgIpc) is 2.93. The number of hydrogen-bond donors (Lipinski definition) is 1. The minimum absolute atomic E-state index is 0.0142. The van der Waals surface area contributed by atoms with Crippen molar-refractivity contribution in [1.82, 2.24) is 14.7 Å². The van der Waals surface area contributed by atoms with E-state index in [1.165, 1.54) is 0 Å². The highest BCUT2D eigenvalue weighted by molar-refractivity contribution is 5.95. The van der Waals surface area contributed by atoms with Crippen LogP contribution in [0.4, 0.5) is 0 Å². The number of nitrogens with zero attached hydrogens (tertiary/aromatic N) is 3. The van der Waals surface area contributed by atoms with Crippen LogP contribution in [0.2, 0.25) is 0 Å². The molecule has 1 heterocycles. The second-order valence-electron chi connectivity index (χ2n) is 7.08. The Bertz CT molecular complexity index is 670. The van der Waals surface area contributed by atoms with E-state index >= 15 is 0 Å². The molecule has 0 saturated carbocycles. The Hall–Kier alpha value is -2.14. The minimum atomic E-state index is -0.149. The second kappa shape index (κ2) is 7.62. The zero-order chi connectivity index (χ0) is 17.7. The largest absolute Gasteiger partial charge is 0.334 e. The first-order valence-electron chi connectivity index (χ1n) is 8.43. The number of carbonyl (C=O) groups is 1. The maximum atomic E-state index is 13.0. The van der Waals surface area contributed by atoms with Crippen LogP contribution in [0.3, 0.4) is 0 Å². The number of rotatable bonds is 6. The van der Waals surface area contributed by atoms with Crippen LogP contribution >= 0.6 is 0 Å². The predicted octanol–water partition coefficient (Wildman–Crippen LogP) is 2.94. The highest BCUT2D eigenvalue weighted by Gasteiger charge is 2.24. The molecule has 5 heteroatoms. The molecule has 24 heavy (non-hydrogen) atoms. The molecule has 0 aliphatic heterocycles. The van der Waals surface area contributed by atoms with E-state index in [1.807, 2.05) is 46.8 Å². The van der Waals surface area contributed by atoms with Gasteiger partial charge in [-0.05, 0) is 46.2 Å². The SMILES string of the molecule is Cc1c(C(=O)N(CCCN)Cc2ccccc2)cnn1C(C)(C)C. The fraction of sp³-hybridized carbons (Fsp3) is 0.474. The van der Waals surface area contributed by atoms with Gasteiger partial charge in [-0.15, -0.1) is 0 Å². The summed E-state index contributed by atoms with van der Waals surface area (Å²) in [5.74, 6) is 0.0142. The van der Waals surface area contributed by atoms with Crippen LogP contribution in [-0.4, -0.2) is 33.7 Å². The third-order valence-electron chi connectivity index (χ3n) is 4.01. The van der Waals surface area contributed by atoms with Crippen molar-refractivity contribution in [2.75, 3.05) is 13.1 Å². The molecule has 0 spiro atoms. The summed E-state index contributed by atoms with van der Waals surface area (Å²) in [5.41, 5.74) is 8.18. The van der Waals surface area contributed by atoms with Crippen molar-refractivity contribution in [3.8, 4) is 0 Å². The van der Waals surface area contributed by atoms with Gasteiger partial charge >= 0.3 is 0 Å². The van der Waals surface area contributed by atoms with E-state index in [2.05, 4.69) is 25.9 Å². The molecule has 2 rings (SSSR count). The van der Waals surface area contributed by atoms with Gasteiger partial charge in [0.15, 0.2) is 0 Å². The fourth-order valence-electron chi connectivity index (χ4n) is 2.80. The van der Waals surface area contributed by atoms with Gasteiger partial charge in [0, 0.05) is 18.8 Å². The topological polar surface area (TPSA) is 64.2 Å². The first-order chi connectivity index (χ1) is 11.3. The number of aromatic nitrogens is 2. The molecule has 0 saturated heterocycles. The Morgan fingerprint density at radius 1 is 1.25 bits per heavy atom. The summed E-state index contributed by atoms with van der Waals surface area (Å²) in [6, 6.07) is 10.0.